The van der Waals surface area contributed by atoms with Crippen molar-refractivity contribution in [1.82, 2.24) is 0 Å². The lowest BCUT2D eigenvalue weighted by molar-refractivity contribution is -0.167. The maximum atomic E-state index is 12.9. The Kier molecular flexibility index (Phi) is 54.2. The molecular weight excluding hydrogens is 817 g/mol. The summed E-state index contributed by atoms with van der Waals surface area (Å²) in [5.74, 6) is -0.849. The molecule has 0 aliphatic carbocycles. The minimum Gasteiger partial charge on any atom is -0.462 e. The molecule has 0 N–H and O–H groups in total. The summed E-state index contributed by atoms with van der Waals surface area (Å²) in [7, 11) is 0. The molecule has 0 radical (unpaired) electrons. The average Bonchev–Trinajstić information content (AvgIpc) is 3.31. The van der Waals surface area contributed by atoms with Crippen molar-refractivity contribution in [2.45, 2.75) is 341 Å². The molecule has 0 saturated heterocycles. The molecule has 0 aromatic heterocycles. The van der Waals surface area contributed by atoms with Gasteiger partial charge in [0.25, 0.3) is 0 Å². The van der Waals surface area contributed by atoms with Crippen molar-refractivity contribution < 1.29 is 28.6 Å². The summed E-state index contributed by atoms with van der Waals surface area (Å²) in [6.45, 7) is 6.69. The molecule has 0 aliphatic heterocycles. The first-order valence-electron chi connectivity index (χ1n) is 29.7. The molecule has 6 heteroatoms. The molecule has 66 heavy (non-hydrogen) atoms. The zero-order chi connectivity index (χ0) is 47.9. The molecule has 1 atom stereocenters. The van der Waals surface area contributed by atoms with Crippen molar-refractivity contribution in [2.24, 2.45) is 0 Å². The number of rotatable bonds is 55. The van der Waals surface area contributed by atoms with Crippen molar-refractivity contribution in [3.8, 4) is 0 Å². The first kappa shape index (κ1) is 64.2. The average molecular weight is 932 g/mol. The molecular formula is C60H114O6. The van der Waals surface area contributed by atoms with Crippen molar-refractivity contribution in [2.75, 3.05) is 13.2 Å². The number of allylic oxidation sites excluding steroid dienone is 2. The lowest BCUT2D eigenvalue weighted by atomic mass is 10.0. The summed E-state index contributed by atoms with van der Waals surface area (Å²) < 4.78 is 16.9. The fourth-order valence-corrected chi connectivity index (χ4v) is 9.03. The summed E-state index contributed by atoms with van der Waals surface area (Å²) in [5.41, 5.74) is 0. The molecule has 0 heterocycles. The summed E-state index contributed by atoms with van der Waals surface area (Å²) >= 11 is 0. The topological polar surface area (TPSA) is 78.9 Å². The zero-order valence-electron chi connectivity index (χ0n) is 44.7. The van der Waals surface area contributed by atoms with Crippen LogP contribution in [-0.4, -0.2) is 37.2 Å². The highest BCUT2D eigenvalue weighted by atomic mass is 16.6. The van der Waals surface area contributed by atoms with Gasteiger partial charge in [0.05, 0.1) is 0 Å². The molecule has 0 amide bonds. The molecule has 0 aromatic rings. The highest BCUT2D eigenvalue weighted by Gasteiger charge is 2.19. The summed E-state index contributed by atoms with van der Waals surface area (Å²) in [6, 6.07) is 0. The molecule has 0 saturated carbocycles. The second kappa shape index (κ2) is 55.7. The van der Waals surface area contributed by atoms with Crippen LogP contribution in [-0.2, 0) is 28.6 Å². The van der Waals surface area contributed by atoms with E-state index in [1.54, 1.807) is 0 Å². The summed E-state index contributed by atoms with van der Waals surface area (Å²) in [6.07, 6.45) is 63.4. The van der Waals surface area contributed by atoms with E-state index in [2.05, 4.69) is 32.9 Å². The highest BCUT2D eigenvalue weighted by Crippen LogP contribution is 2.17. The Labute approximate surface area is 411 Å². The van der Waals surface area contributed by atoms with E-state index in [4.69, 9.17) is 14.2 Å². The van der Waals surface area contributed by atoms with Gasteiger partial charge in [0.15, 0.2) is 6.10 Å². The number of carbonyl (C=O) groups is 3. The number of carbonyl (C=O) groups excluding carboxylic acids is 3. The Morgan fingerprint density at radius 1 is 0.288 bits per heavy atom. The Hall–Kier alpha value is -1.85. The molecule has 0 aliphatic rings. The largest absolute Gasteiger partial charge is 0.462 e. The second-order valence-corrected chi connectivity index (χ2v) is 20.3. The maximum Gasteiger partial charge on any atom is 0.306 e. The van der Waals surface area contributed by atoms with Gasteiger partial charge in [-0.2, -0.15) is 0 Å². The van der Waals surface area contributed by atoms with Crippen molar-refractivity contribution in [3.05, 3.63) is 12.2 Å². The third-order valence-electron chi connectivity index (χ3n) is 13.5. The number of esters is 3. The van der Waals surface area contributed by atoms with Gasteiger partial charge < -0.3 is 14.2 Å². The standard InChI is InChI=1S/C60H114O6/c1-4-7-10-13-16-19-22-25-28-30-31-33-35-38-41-44-47-50-53-59(62)65-56-57(55-64-58(61)52-49-46-43-40-37-34-27-24-21-18-15-12-9-6-3)66-60(63)54-51-48-45-42-39-36-32-29-26-23-20-17-14-11-8-5-2/h24,27,57H,4-23,25-26,28-56H2,1-3H3/b27-24-. The minimum atomic E-state index is -0.767. The monoisotopic (exact) mass is 931 g/mol. The van der Waals surface area contributed by atoms with Gasteiger partial charge in [-0.15, -0.1) is 0 Å². The normalized spacial score (nSPS) is 12.0. The molecule has 0 spiro atoms. The molecule has 0 rings (SSSR count). The van der Waals surface area contributed by atoms with E-state index in [-0.39, 0.29) is 31.1 Å². The van der Waals surface area contributed by atoms with Crippen LogP contribution in [0.1, 0.15) is 335 Å². The van der Waals surface area contributed by atoms with Crippen LogP contribution in [0.15, 0.2) is 12.2 Å². The molecule has 0 aromatic carbocycles. The number of ether oxygens (including phenoxy) is 3. The van der Waals surface area contributed by atoms with Gasteiger partial charge in [-0.1, -0.05) is 283 Å². The first-order valence-corrected chi connectivity index (χ1v) is 29.7. The van der Waals surface area contributed by atoms with E-state index in [0.717, 1.165) is 64.2 Å². The predicted molar refractivity (Wildman–Crippen MR) is 284 cm³/mol. The van der Waals surface area contributed by atoms with E-state index in [1.165, 1.54) is 231 Å². The van der Waals surface area contributed by atoms with Crippen LogP contribution in [0.25, 0.3) is 0 Å². The lowest BCUT2D eigenvalue weighted by Gasteiger charge is -2.18. The fourth-order valence-electron chi connectivity index (χ4n) is 9.03. The smallest absolute Gasteiger partial charge is 0.306 e. The Bertz CT molecular complexity index is 1020. The molecule has 390 valence electrons. The van der Waals surface area contributed by atoms with Crippen LogP contribution in [0.2, 0.25) is 0 Å². The van der Waals surface area contributed by atoms with E-state index in [0.29, 0.717) is 19.3 Å². The zero-order valence-corrected chi connectivity index (χ0v) is 44.7. The van der Waals surface area contributed by atoms with Crippen LogP contribution < -0.4 is 0 Å². The third-order valence-corrected chi connectivity index (χ3v) is 13.5. The third kappa shape index (κ3) is 53.1. The van der Waals surface area contributed by atoms with E-state index >= 15 is 0 Å². The molecule has 1 unspecified atom stereocenters. The van der Waals surface area contributed by atoms with Crippen molar-refractivity contribution in [1.29, 1.82) is 0 Å². The summed E-state index contributed by atoms with van der Waals surface area (Å²) in [4.78, 5) is 38.2. The Morgan fingerprint density at radius 3 is 0.758 bits per heavy atom. The van der Waals surface area contributed by atoms with Crippen molar-refractivity contribution in [3.63, 3.8) is 0 Å². The quantitative estimate of drug-likeness (QED) is 0.0262. The molecule has 0 bridgehead atoms. The van der Waals surface area contributed by atoms with Gasteiger partial charge >= 0.3 is 17.9 Å². The molecule has 6 nitrogen and oxygen atoms in total. The SMILES string of the molecule is CCCCCCC/C=C\CCCCCCCC(=O)OCC(COC(=O)CCCCCCCCCCCCCCCCCCCC)OC(=O)CCCCCCCCCCCCCCCCCC. The highest BCUT2D eigenvalue weighted by molar-refractivity contribution is 5.71. The van der Waals surface area contributed by atoms with Crippen LogP contribution in [0.5, 0.6) is 0 Å². The van der Waals surface area contributed by atoms with Gasteiger partial charge in [0, 0.05) is 19.3 Å². The van der Waals surface area contributed by atoms with Gasteiger partial charge in [-0.25, -0.2) is 0 Å². The van der Waals surface area contributed by atoms with E-state index < -0.39 is 6.10 Å². The summed E-state index contributed by atoms with van der Waals surface area (Å²) in [5, 5.41) is 0. The molecule has 0 fully saturated rings. The van der Waals surface area contributed by atoms with E-state index in [1.807, 2.05) is 0 Å². The number of hydrogen-bond donors (Lipinski definition) is 0. The van der Waals surface area contributed by atoms with E-state index in [9.17, 15) is 14.4 Å². The number of hydrogen-bond acceptors (Lipinski definition) is 6. The van der Waals surface area contributed by atoms with Crippen LogP contribution in [0.4, 0.5) is 0 Å². The van der Waals surface area contributed by atoms with Crippen LogP contribution in [0, 0.1) is 0 Å². The van der Waals surface area contributed by atoms with Gasteiger partial charge in [-0.3, -0.25) is 14.4 Å². The lowest BCUT2D eigenvalue weighted by Crippen LogP contribution is -2.30. The number of unbranched alkanes of at least 4 members (excludes halogenated alkanes) is 42. The maximum absolute atomic E-state index is 12.9. The van der Waals surface area contributed by atoms with Gasteiger partial charge in [-0.05, 0) is 44.9 Å². The Morgan fingerprint density at radius 2 is 0.500 bits per heavy atom. The Balaban J connectivity index is 4.30. The minimum absolute atomic E-state index is 0.0663. The fraction of sp³-hybridized carbons (Fsp3) is 0.917. The first-order chi connectivity index (χ1) is 32.5. The van der Waals surface area contributed by atoms with Crippen LogP contribution >= 0.6 is 0 Å². The van der Waals surface area contributed by atoms with Crippen molar-refractivity contribution >= 4 is 17.9 Å². The van der Waals surface area contributed by atoms with Crippen LogP contribution in [0.3, 0.4) is 0 Å². The van der Waals surface area contributed by atoms with Gasteiger partial charge in [0.1, 0.15) is 13.2 Å². The van der Waals surface area contributed by atoms with Gasteiger partial charge in [0.2, 0.25) is 0 Å². The second-order valence-electron chi connectivity index (χ2n) is 20.3. The predicted octanol–water partition coefficient (Wildman–Crippen LogP) is 19.7.